The van der Waals surface area contributed by atoms with Gasteiger partial charge in [0.05, 0.1) is 11.6 Å². The molecule has 1 aromatic heterocycles. The third kappa shape index (κ3) is 3.43. The molecule has 1 aromatic carbocycles. The van der Waals surface area contributed by atoms with E-state index in [1.54, 1.807) is 0 Å². The van der Waals surface area contributed by atoms with Crippen LogP contribution >= 0.6 is 23.2 Å². The van der Waals surface area contributed by atoms with Crippen LogP contribution in [-0.4, -0.2) is 16.1 Å². The Morgan fingerprint density at radius 3 is 2.58 bits per heavy atom. The number of hydrogen-bond donors (Lipinski definition) is 1. The van der Waals surface area contributed by atoms with Crippen LogP contribution in [0.2, 0.25) is 10.3 Å². The molecular formula is C13H11Cl2N3O. The number of aromatic nitrogens is 2. The minimum absolute atomic E-state index is 0.0298. The van der Waals surface area contributed by atoms with E-state index < -0.39 is 0 Å². The Kier molecular flexibility index (Phi) is 4.35. The molecular weight excluding hydrogens is 285 g/mol. The average Bonchev–Trinajstić information content (AvgIpc) is 2.42. The first-order valence-electron chi connectivity index (χ1n) is 5.62. The van der Waals surface area contributed by atoms with Crippen LogP contribution in [0.5, 0.6) is 0 Å². The van der Waals surface area contributed by atoms with Crippen molar-refractivity contribution in [2.24, 2.45) is 0 Å². The summed E-state index contributed by atoms with van der Waals surface area (Å²) in [7, 11) is 0. The van der Waals surface area contributed by atoms with Gasteiger partial charge in [-0.25, -0.2) is 0 Å². The Labute approximate surface area is 120 Å². The maximum absolute atomic E-state index is 12.1. The lowest BCUT2D eigenvalue weighted by atomic mass is 10.1. The summed E-state index contributed by atoms with van der Waals surface area (Å²) in [5.74, 6) is -0.335. The molecule has 0 fully saturated rings. The van der Waals surface area contributed by atoms with Gasteiger partial charge in [-0.3, -0.25) is 4.79 Å². The highest BCUT2D eigenvalue weighted by Crippen LogP contribution is 2.17. The van der Waals surface area contributed by atoms with Gasteiger partial charge in [0.2, 0.25) is 0 Å². The third-order valence-corrected chi connectivity index (χ3v) is 3.07. The molecule has 0 unspecified atom stereocenters. The molecule has 0 aliphatic carbocycles. The van der Waals surface area contributed by atoms with Crippen molar-refractivity contribution in [3.05, 3.63) is 57.8 Å². The number of nitrogens with zero attached hydrogens (tertiary/aromatic N) is 2. The van der Waals surface area contributed by atoms with Crippen molar-refractivity contribution in [2.45, 2.75) is 13.0 Å². The van der Waals surface area contributed by atoms with E-state index in [0.29, 0.717) is 0 Å². The molecule has 1 heterocycles. The Balaban J connectivity index is 2.15. The van der Waals surface area contributed by atoms with Gasteiger partial charge in [-0.2, -0.15) is 0 Å². The van der Waals surface area contributed by atoms with Crippen molar-refractivity contribution in [3.8, 4) is 0 Å². The van der Waals surface area contributed by atoms with Gasteiger partial charge in [0.25, 0.3) is 5.91 Å². The first-order valence-corrected chi connectivity index (χ1v) is 6.38. The van der Waals surface area contributed by atoms with E-state index in [4.69, 9.17) is 23.2 Å². The fourth-order valence-corrected chi connectivity index (χ4v) is 1.94. The third-order valence-electron chi connectivity index (χ3n) is 2.61. The molecule has 0 radical (unpaired) electrons. The number of hydrogen-bond acceptors (Lipinski definition) is 3. The second kappa shape index (κ2) is 5.99. The van der Waals surface area contributed by atoms with Crippen molar-refractivity contribution in [3.63, 3.8) is 0 Å². The van der Waals surface area contributed by atoms with E-state index in [1.165, 1.54) is 6.07 Å². The molecule has 4 nitrogen and oxygen atoms in total. The number of nitrogens with one attached hydrogen (secondary N) is 1. The van der Waals surface area contributed by atoms with Crippen molar-refractivity contribution in [1.82, 2.24) is 15.5 Å². The second-order valence-corrected chi connectivity index (χ2v) is 4.72. The largest absolute Gasteiger partial charge is 0.345 e. The SMILES string of the molecule is C[C@H](NC(=O)c1cc(Cl)nnc1Cl)c1ccccc1. The van der Waals surface area contributed by atoms with E-state index >= 15 is 0 Å². The average molecular weight is 296 g/mol. The monoisotopic (exact) mass is 295 g/mol. The van der Waals surface area contributed by atoms with Gasteiger partial charge in [-0.15, -0.1) is 10.2 Å². The van der Waals surface area contributed by atoms with Crippen molar-refractivity contribution in [1.29, 1.82) is 0 Å². The fraction of sp³-hybridized carbons (Fsp3) is 0.154. The summed E-state index contributed by atoms with van der Waals surface area (Å²) >= 11 is 11.5. The van der Waals surface area contributed by atoms with Gasteiger partial charge in [0.15, 0.2) is 10.3 Å². The lowest BCUT2D eigenvalue weighted by Crippen LogP contribution is -2.27. The quantitative estimate of drug-likeness (QED) is 0.945. The molecule has 98 valence electrons. The normalized spacial score (nSPS) is 11.9. The fourth-order valence-electron chi connectivity index (χ4n) is 1.61. The topological polar surface area (TPSA) is 54.9 Å². The molecule has 0 saturated heterocycles. The molecule has 6 heteroatoms. The Morgan fingerprint density at radius 1 is 1.21 bits per heavy atom. The smallest absolute Gasteiger partial charge is 0.255 e. The number of rotatable bonds is 3. The van der Waals surface area contributed by atoms with Crippen molar-refractivity contribution in [2.75, 3.05) is 0 Å². The number of carbonyl (C=O) groups excluding carboxylic acids is 1. The predicted octanol–water partition coefficient (Wildman–Crippen LogP) is 3.27. The Hall–Kier alpha value is -1.65. The molecule has 0 aliphatic heterocycles. The van der Waals surface area contributed by atoms with Crippen molar-refractivity contribution >= 4 is 29.1 Å². The zero-order chi connectivity index (χ0) is 13.8. The van der Waals surface area contributed by atoms with Crippen LogP contribution in [0.25, 0.3) is 0 Å². The summed E-state index contributed by atoms with van der Waals surface area (Å²) in [6.45, 7) is 1.89. The zero-order valence-corrected chi connectivity index (χ0v) is 11.6. The summed E-state index contributed by atoms with van der Waals surface area (Å²) in [6.07, 6.45) is 0. The first kappa shape index (κ1) is 13.8. The molecule has 2 rings (SSSR count). The zero-order valence-electron chi connectivity index (χ0n) is 10.1. The Bertz CT molecular complexity index is 590. The maximum atomic E-state index is 12.1. The molecule has 0 saturated carbocycles. The van der Waals surface area contributed by atoms with Gasteiger partial charge < -0.3 is 5.32 Å². The first-order chi connectivity index (χ1) is 9.08. The molecule has 1 N–H and O–H groups in total. The van der Waals surface area contributed by atoms with Crippen LogP contribution in [0.4, 0.5) is 0 Å². The highest BCUT2D eigenvalue weighted by molar-refractivity contribution is 6.34. The molecule has 1 amide bonds. The summed E-state index contributed by atoms with van der Waals surface area (Å²) in [6, 6.07) is 10.9. The van der Waals surface area contributed by atoms with E-state index in [2.05, 4.69) is 15.5 Å². The van der Waals surface area contributed by atoms with Crippen LogP contribution in [0, 0.1) is 0 Å². The summed E-state index contributed by atoms with van der Waals surface area (Å²) in [4.78, 5) is 12.1. The van der Waals surface area contributed by atoms with Crippen LogP contribution in [0.1, 0.15) is 28.9 Å². The molecule has 1 atom stereocenters. The molecule has 0 bridgehead atoms. The van der Waals surface area contributed by atoms with E-state index in [1.807, 2.05) is 37.3 Å². The van der Waals surface area contributed by atoms with E-state index in [9.17, 15) is 4.79 Å². The van der Waals surface area contributed by atoms with E-state index in [-0.39, 0.29) is 27.8 Å². The lowest BCUT2D eigenvalue weighted by molar-refractivity contribution is 0.0939. The second-order valence-electron chi connectivity index (χ2n) is 3.98. The number of amides is 1. The van der Waals surface area contributed by atoms with Gasteiger partial charge in [-0.1, -0.05) is 53.5 Å². The van der Waals surface area contributed by atoms with E-state index in [0.717, 1.165) is 5.56 Å². The minimum Gasteiger partial charge on any atom is -0.345 e. The maximum Gasteiger partial charge on any atom is 0.255 e. The molecule has 0 aliphatic rings. The van der Waals surface area contributed by atoms with Gasteiger partial charge in [0.1, 0.15) is 0 Å². The lowest BCUT2D eigenvalue weighted by Gasteiger charge is -2.14. The molecule has 2 aromatic rings. The summed E-state index contributed by atoms with van der Waals surface area (Å²) in [5, 5.41) is 10.2. The summed E-state index contributed by atoms with van der Waals surface area (Å²) in [5.41, 5.74) is 1.21. The number of carbonyl (C=O) groups is 1. The predicted molar refractivity (Wildman–Crippen MR) is 74.4 cm³/mol. The number of benzene rings is 1. The van der Waals surface area contributed by atoms with Gasteiger partial charge in [0, 0.05) is 0 Å². The van der Waals surface area contributed by atoms with Crippen LogP contribution in [0.15, 0.2) is 36.4 Å². The van der Waals surface area contributed by atoms with Crippen LogP contribution < -0.4 is 5.32 Å². The molecule has 0 spiro atoms. The highest BCUT2D eigenvalue weighted by Gasteiger charge is 2.16. The van der Waals surface area contributed by atoms with Gasteiger partial charge in [-0.05, 0) is 18.6 Å². The Morgan fingerprint density at radius 2 is 1.89 bits per heavy atom. The molecule has 19 heavy (non-hydrogen) atoms. The van der Waals surface area contributed by atoms with Gasteiger partial charge >= 0.3 is 0 Å². The number of halogens is 2. The van der Waals surface area contributed by atoms with Crippen molar-refractivity contribution < 1.29 is 4.79 Å². The van der Waals surface area contributed by atoms with Crippen LogP contribution in [-0.2, 0) is 0 Å². The minimum atomic E-state index is -0.335. The van der Waals surface area contributed by atoms with Crippen LogP contribution in [0.3, 0.4) is 0 Å². The summed E-state index contributed by atoms with van der Waals surface area (Å²) < 4.78 is 0. The standard InChI is InChI=1S/C13H11Cl2N3O/c1-8(9-5-3-2-4-6-9)16-13(19)10-7-11(14)17-18-12(10)15/h2-8H,1H3,(H,16,19)/t8-/m0/s1. The highest BCUT2D eigenvalue weighted by atomic mass is 35.5.